The van der Waals surface area contributed by atoms with Gasteiger partial charge in [0.25, 0.3) is 0 Å². The van der Waals surface area contributed by atoms with E-state index in [2.05, 4.69) is 141 Å². The Hall–Kier alpha value is -4.14. The Bertz CT molecular complexity index is 1820. The zero-order chi connectivity index (χ0) is 26.4. The van der Waals surface area contributed by atoms with Crippen molar-refractivity contribution in [3.63, 3.8) is 0 Å². The van der Waals surface area contributed by atoms with Gasteiger partial charge in [0.1, 0.15) is 0 Å². The summed E-state index contributed by atoms with van der Waals surface area (Å²) < 4.78 is 1.35. The van der Waals surface area contributed by atoms with Gasteiger partial charge in [-0.25, -0.2) is 0 Å². The van der Waals surface area contributed by atoms with Crippen LogP contribution in [0.2, 0.25) is 0 Å². The van der Waals surface area contributed by atoms with Gasteiger partial charge in [-0.15, -0.1) is 11.3 Å². The lowest BCUT2D eigenvalue weighted by Gasteiger charge is -2.22. The summed E-state index contributed by atoms with van der Waals surface area (Å²) in [5.41, 5.74) is 9.25. The molecule has 6 aromatic rings. The minimum absolute atomic E-state index is 0.0548. The maximum Gasteiger partial charge on any atom is 0.0400 e. The maximum absolute atomic E-state index is 3.85. The molecule has 5 aromatic carbocycles. The van der Waals surface area contributed by atoms with Crippen LogP contribution in [0.3, 0.4) is 0 Å². The van der Waals surface area contributed by atoms with E-state index in [1.54, 1.807) is 0 Å². The third-order valence-corrected chi connectivity index (χ3v) is 9.30. The smallest absolute Gasteiger partial charge is 0.0400 e. The summed E-state index contributed by atoms with van der Waals surface area (Å²) in [5.74, 6) is 0. The molecule has 1 heterocycles. The van der Waals surface area contributed by atoms with Gasteiger partial charge in [-0.3, -0.25) is 0 Å². The topological polar surface area (TPSA) is 12.0 Å². The second-order valence-electron chi connectivity index (χ2n) is 11.0. The van der Waals surface area contributed by atoms with Crippen LogP contribution in [0.25, 0.3) is 37.7 Å². The number of hydrogen-bond donors (Lipinski definition) is 1. The first-order chi connectivity index (χ1) is 19.1. The van der Waals surface area contributed by atoms with Gasteiger partial charge in [-0.1, -0.05) is 111 Å². The Morgan fingerprint density at radius 2 is 1.44 bits per heavy atom. The molecular weight excluding hydrogens is 490 g/mol. The van der Waals surface area contributed by atoms with Crippen molar-refractivity contribution in [1.82, 2.24) is 5.32 Å². The van der Waals surface area contributed by atoms with E-state index in [1.165, 1.54) is 64.8 Å². The Kier molecular flexibility index (Phi) is 5.86. The fourth-order valence-corrected chi connectivity index (χ4v) is 7.13. The quantitative estimate of drug-likeness (QED) is 0.230. The molecule has 0 saturated carbocycles. The lowest BCUT2D eigenvalue weighted by atomic mass is 9.81. The van der Waals surface area contributed by atoms with Crippen LogP contribution in [0.1, 0.15) is 41.0 Å². The van der Waals surface area contributed by atoms with Crippen molar-refractivity contribution in [2.45, 2.75) is 32.2 Å². The van der Waals surface area contributed by atoms with E-state index in [0.29, 0.717) is 0 Å². The summed E-state index contributed by atoms with van der Waals surface area (Å²) in [4.78, 5) is 1.38. The minimum Gasteiger partial charge on any atom is -0.381 e. The molecule has 0 amide bonds. The molecule has 0 radical (unpaired) electrons. The van der Waals surface area contributed by atoms with Gasteiger partial charge in [-0.2, -0.15) is 0 Å². The van der Waals surface area contributed by atoms with Crippen LogP contribution in [0.4, 0.5) is 0 Å². The number of hydrogen-bond acceptors (Lipinski definition) is 2. The highest BCUT2D eigenvalue weighted by molar-refractivity contribution is 7.19. The summed E-state index contributed by atoms with van der Waals surface area (Å²) >= 11 is 1.89. The van der Waals surface area contributed by atoms with E-state index in [0.717, 1.165) is 13.0 Å². The third kappa shape index (κ3) is 4.26. The van der Waals surface area contributed by atoms with E-state index < -0.39 is 0 Å². The molecule has 0 aliphatic heterocycles. The third-order valence-electron chi connectivity index (χ3n) is 8.17. The average Bonchev–Trinajstić information content (AvgIpc) is 3.48. The number of fused-ring (bicyclic) bond motifs is 5. The molecule has 2 heteroatoms. The monoisotopic (exact) mass is 521 g/mol. The molecule has 7 rings (SSSR count). The molecule has 1 aliphatic carbocycles. The summed E-state index contributed by atoms with van der Waals surface area (Å²) in [5, 5.41) is 7.77. The standard InChI is InChI=1S/C37H31NS/c1-37(2)32-17-10-16-30(36(32)31-22-26-13-6-7-14-27(26)23-33(31)37)34(38-24-25-11-4-3-5-12-25)20-19-29-21-28-15-8-9-18-35(28)39-29/h3-18,20-23,38H,19,24H2,1-2H3/b34-20-. The Morgan fingerprint density at radius 3 is 2.23 bits per heavy atom. The van der Waals surface area contributed by atoms with Gasteiger partial charge < -0.3 is 5.32 Å². The second kappa shape index (κ2) is 9.55. The average molecular weight is 522 g/mol. The maximum atomic E-state index is 3.85. The number of thiophene rings is 1. The minimum atomic E-state index is -0.0548. The van der Waals surface area contributed by atoms with Gasteiger partial charge >= 0.3 is 0 Å². The lowest BCUT2D eigenvalue weighted by Crippen LogP contribution is -2.16. The number of nitrogens with one attached hydrogen (secondary N) is 1. The predicted molar refractivity (Wildman–Crippen MR) is 168 cm³/mol. The molecular formula is C37H31NS. The van der Waals surface area contributed by atoms with E-state index in [-0.39, 0.29) is 5.41 Å². The first kappa shape index (κ1) is 23.9. The molecule has 0 fully saturated rings. The predicted octanol–water partition coefficient (Wildman–Crippen LogP) is 9.73. The van der Waals surface area contributed by atoms with E-state index in [4.69, 9.17) is 0 Å². The first-order valence-corrected chi connectivity index (χ1v) is 14.5. The Balaban J connectivity index is 1.36. The van der Waals surface area contributed by atoms with Crippen LogP contribution in [-0.2, 0) is 18.4 Å². The van der Waals surface area contributed by atoms with Crippen molar-refractivity contribution >= 4 is 37.9 Å². The SMILES string of the molecule is CC1(C)c2cc3ccccc3cc2-c2c(/C(=C/Cc3cc4ccccc4s3)NCc3ccccc3)cccc21. The molecule has 190 valence electrons. The highest BCUT2D eigenvalue weighted by Crippen LogP contribution is 2.52. The number of rotatable bonds is 6. The summed E-state index contributed by atoms with van der Waals surface area (Å²) in [6.07, 6.45) is 3.30. The van der Waals surface area contributed by atoms with Crippen LogP contribution >= 0.6 is 11.3 Å². The van der Waals surface area contributed by atoms with E-state index in [9.17, 15) is 0 Å². The van der Waals surface area contributed by atoms with Crippen molar-refractivity contribution in [1.29, 1.82) is 0 Å². The van der Waals surface area contributed by atoms with Crippen molar-refractivity contribution in [2.75, 3.05) is 0 Å². The van der Waals surface area contributed by atoms with Crippen LogP contribution in [0.15, 0.2) is 121 Å². The normalized spacial score (nSPS) is 13.9. The second-order valence-corrected chi connectivity index (χ2v) is 12.2. The molecule has 0 unspecified atom stereocenters. The number of benzene rings is 5. The Morgan fingerprint density at radius 1 is 0.718 bits per heavy atom. The van der Waals surface area contributed by atoms with Crippen molar-refractivity contribution < 1.29 is 0 Å². The van der Waals surface area contributed by atoms with Gasteiger partial charge in [0.2, 0.25) is 0 Å². The summed E-state index contributed by atoms with van der Waals surface area (Å²) in [6.45, 7) is 5.53. The van der Waals surface area contributed by atoms with Gasteiger partial charge in [0.15, 0.2) is 0 Å². The van der Waals surface area contributed by atoms with Gasteiger partial charge in [0.05, 0.1) is 0 Å². The van der Waals surface area contributed by atoms with E-state index in [1.807, 2.05) is 11.3 Å². The van der Waals surface area contributed by atoms with E-state index >= 15 is 0 Å². The largest absolute Gasteiger partial charge is 0.381 e. The first-order valence-electron chi connectivity index (χ1n) is 13.7. The summed E-state index contributed by atoms with van der Waals surface area (Å²) in [6, 6.07) is 42.1. The van der Waals surface area contributed by atoms with Crippen LogP contribution in [-0.4, -0.2) is 0 Å². The molecule has 0 bridgehead atoms. The molecule has 0 spiro atoms. The van der Waals surface area contributed by atoms with Crippen LogP contribution in [0, 0.1) is 0 Å². The highest BCUT2D eigenvalue weighted by Gasteiger charge is 2.37. The molecule has 1 N–H and O–H groups in total. The zero-order valence-corrected chi connectivity index (χ0v) is 23.2. The molecule has 39 heavy (non-hydrogen) atoms. The molecule has 0 saturated heterocycles. The molecule has 0 atom stereocenters. The fourth-order valence-electron chi connectivity index (χ4n) is 6.11. The van der Waals surface area contributed by atoms with Crippen LogP contribution in [0.5, 0.6) is 0 Å². The number of allylic oxidation sites excluding steroid dienone is 1. The van der Waals surface area contributed by atoms with Crippen LogP contribution < -0.4 is 5.32 Å². The Labute approximate surface area is 234 Å². The lowest BCUT2D eigenvalue weighted by molar-refractivity contribution is 0.661. The van der Waals surface area contributed by atoms with Crippen molar-refractivity contribution in [2.24, 2.45) is 0 Å². The molecule has 1 aromatic heterocycles. The van der Waals surface area contributed by atoms with Gasteiger partial charge in [-0.05, 0) is 68.2 Å². The highest BCUT2D eigenvalue weighted by atomic mass is 32.1. The summed E-state index contributed by atoms with van der Waals surface area (Å²) in [7, 11) is 0. The fraction of sp³-hybridized carbons (Fsp3) is 0.135. The zero-order valence-electron chi connectivity index (χ0n) is 22.4. The molecule has 1 aliphatic rings. The van der Waals surface area contributed by atoms with Crippen molar-refractivity contribution in [3.05, 3.63) is 148 Å². The van der Waals surface area contributed by atoms with Gasteiger partial charge in [0, 0.05) is 39.2 Å². The molecule has 1 nitrogen and oxygen atoms in total. The van der Waals surface area contributed by atoms with Crippen molar-refractivity contribution in [3.8, 4) is 11.1 Å².